The number of carboxylic acid groups (broad SMARTS) is 1. The molecule has 0 aromatic rings. The topological polar surface area (TPSA) is 155 Å². The number of carboxylic acids is 1. The highest BCUT2D eigenvalue weighted by Crippen LogP contribution is 2.43. The van der Waals surface area contributed by atoms with Gasteiger partial charge >= 0.3 is 19.8 Å². The Balaban J connectivity index is 4.19. The maximum absolute atomic E-state index is 12.7. The van der Waals surface area contributed by atoms with Crippen molar-refractivity contribution in [3.05, 3.63) is 60.8 Å². The van der Waals surface area contributed by atoms with Crippen molar-refractivity contribution in [2.45, 2.75) is 231 Å². The minimum atomic E-state index is -4.63. The summed E-state index contributed by atoms with van der Waals surface area (Å²) >= 11 is 0. The summed E-state index contributed by atoms with van der Waals surface area (Å²) in [6.45, 7) is 3.83. The van der Waals surface area contributed by atoms with Gasteiger partial charge in [0.15, 0.2) is 0 Å². The summed E-state index contributed by atoms with van der Waals surface area (Å²) in [6.07, 6.45) is 58.4. The predicted octanol–water partition coefficient (Wildman–Crippen LogP) is 14.8. The zero-order valence-electron chi connectivity index (χ0n) is 40.2. The van der Waals surface area contributed by atoms with Crippen molar-refractivity contribution in [3.63, 3.8) is 0 Å². The van der Waals surface area contributed by atoms with Gasteiger partial charge in [0.05, 0.1) is 19.8 Å². The number of unbranched alkanes of at least 4 members (excludes halogenated alkanes) is 24. The molecule has 0 aliphatic carbocycles. The molecule has 11 heteroatoms. The zero-order chi connectivity index (χ0) is 46.2. The van der Waals surface area contributed by atoms with Gasteiger partial charge in [-0.2, -0.15) is 0 Å². The zero-order valence-corrected chi connectivity index (χ0v) is 41.1. The molecule has 0 spiro atoms. The number of hydrogen-bond donors (Lipinski definition) is 3. The van der Waals surface area contributed by atoms with Crippen LogP contribution in [-0.4, -0.2) is 60.5 Å². The highest BCUT2D eigenvalue weighted by Gasteiger charge is 2.27. The maximum atomic E-state index is 12.7. The first-order chi connectivity index (χ1) is 30.7. The smallest absolute Gasteiger partial charge is 0.472 e. The van der Waals surface area contributed by atoms with E-state index in [2.05, 4.69) is 74.6 Å². The molecule has 4 N–H and O–H groups in total. The number of aliphatic carboxylic acids is 1. The molecule has 0 aliphatic rings. The minimum absolute atomic E-state index is 0.00675. The van der Waals surface area contributed by atoms with Crippen LogP contribution in [0.4, 0.5) is 0 Å². The van der Waals surface area contributed by atoms with Gasteiger partial charge in [0.2, 0.25) is 0 Å². The molecule has 0 fully saturated rings. The number of phosphoric ester groups is 1. The Hall–Kier alpha value is -2.33. The molecule has 0 heterocycles. The van der Waals surface area contributed by atoms with E-state index < -0.39 is 45.1 Å². The van der Waals surface area contributed by atoms with E-state index in [1.165, 1.54) is 122 Å². The first-order valence-electron chi connectivity index (χ1n) is 25.3. The monoisotopic (exact) mass is 908 g/mol. The highest BCUT2D eigenvalue weighted by atomic mass is 31.2. The normalized spacial score (nSPS) is 14.2. The maximum Gasteiger partial charge on any atom is 0.472 e. The number of allylic oxidation sites excluding steroid dienone is 10. The molecular weight excluding hydrogens is 814 g/mol. The van der Waals surface area contributed by atoms with E-state index in [0.717, 1.165) is 70.6 Å². The molecule has 0 amide bonds. The predicted molar refractivity (Wildman–Crippen MR) is 263 cm³/mol. The molecule has 3 atom stereocenters. The summed E-state index contributed by atoms with van der Waals surface area (Å²) in [5.74, 6) is -1.79. The van der Waals surface area contributed by atoms with Gasteiger partial charge in [0, 0.05) is 13.0 Å². The third kappa shape index (κ3) is 47.5. The molecule has 0 aromatic heterocycles. The van der Waals surface area contributed by atoms with E-state index in [9.17, 15) is 19.0 Å². The summed E-state index contributed by atoms with van der Waals surface area (Å²) in [6, 6.07) is -1.48. The van der Waals surface area contributed by atoms with Crippen molar-refractivity contribution < 1.29 is 42.7 Å². The van der Waals surface area contributed by atoms with Crippen LogP contribution in [-0.2, 0) is 32.7 Å². The lowest BCUT2D eigenvalue weighted by Gasteiger charge is -2.20. The first-order valence-corrected chi connectivity index (χ1v) is 26.8. The van der Waals surface area contributed by atoms with Crippen LogP contribution in [0.25, 0.3) is 0 Å². The Morgan fingerprint density at radius 1 is 0.508 bits per heavy atom. The van der Waals surface area contributed by atoms with Crippen LogP contribution >= 0.6 is 7.82 Å². The second-order valence-corrected chi connectivity index (χ2v) is 18.4. The van der Waals surface area contributed by atoms with Crippen LogP contribution < -0.4 is 5.73 Å². The molecule has 0 rings (SSSR count). The quantitative estimate of drug-likeness (QED) is 0.0233. The number of nitrogens with two attached hydrogens (primary N) is 1. The molecule has 63 heavy (non-hydrogen) atoms. The number of hydrogen-bond acceptors (Lipinski definition) is 8. The van der Waals surface area contributed by atoms with Gasteiger partial charge in [-0.1, -0.05) is 190 Å². The van der Waals surface area contributed by atoms with E-state index in [1.807, 2.05) is 0 Å². The van der Waals surface area contributed by atoms with E-state index in [1.54, 1.807) is 0 Å². The fourth-order valence-electron chi connectivity index (χ4n) is 6.82. The third-order valence-electron chi connectivity index (χ3n) is 10.8. The molecule has 0 aromatic carbocycles. The Bertz CT molecular complexity index is 1230. The average molecular weight is 908 g/mol. The van der Waals surface area contributed by atoms with Gasteiger partial charge < -0.3 is 25.2 Å². The molecule has 366 valence electrons. The lowest BCUT2D eigenvalue weighted by Crippen LogP contribution is -2.34. The van der Waals surface area contributed by atoms with Crippen molar-refractivity contribution >= 4 is 19.8 Å². The van der Waals surface area contributed by atoms with Gasteiger partial charge in [0.25, 0.3) is 0 Å². The van der Waals surface area contributed by atoms with Crippen LogP contribution in [0, 0.1) is 0 Å². The lowest BCUT2D eigenvalue weighted by molar-refractivity contribution is -0.154. The van der Waals surface area contributed by atoms with E-state index in [-0.39, 0.29) is 13.0 Å². The number of rotatable bonds is 48. The number of phosphoric acid groups is 1. The van der Waals surface area contributed by atoms with Crippen LogP contribution in [0.3, 0.4) is 0 Å². The van der Waals surface area contributed by atoms with Crippen molar-refractivity contribution in [2.24, 2.45) is 5.73 Å². The van der Waals surface area contributed by atoms with Crippen molar-refractivity contribution in [2.75, 3.05) is 26.4 Å². The van der Waals surface area contributed by atoms with E-state index in [0.29, 0.717) is 13.0 Å². The summed E-state index contributed by atoms with van der Waals surface area (Å²) in [4.78, 5) is 33.7. The van der Waals surface area contributed by atoms with Crippen LogP contribution in [0.5, 0.6) is 0 Å². The lowest BCUT2D eigenvalue weighted by atomic mass is 10.1. The third-order valence-corrected chi connectivity index (χ3v) is 11.7. The number of carbonyl (C=O) groups is 2. The highest BCUT2D eigenvalue weighted by molar-refractivity contribution is 7.47. The molecule has 10 nitrogen and oxygen atoms in total. The molecule has 0 bridgehead atoms. The van der Waals surface area contributed by atoms with Crippen molar-refractivity contribution in [1.82, 2.24) is 0 Å². The van der Waals surface area contributed by atoms with E-state index >= 15 is 0 Å². The van der Waals surface area contributed by atoms with E-state index in [4.69, 9.17) is 29.4 Å². The van der Waals surface area contributed by atoms with Crippen LogP contribution in [0.2, 0.25) is 0 Å². The second kappa shape index (κ2) is 47.6. The van der Waals surface area contributed by atoms with Crippen LogP contribution in [0.15, 0.2) is 60.8 Å². The Kier molecular flexibility index (Phi) is 45.9. The number of ether oxygens (including phenoxy) is 2. The van der Waals surface area contributed by atoms with Gasteiger partial charge in [0.1, 0.15) is 12.1 Å². The Labute approximate surface area is 385 Å². The number of carbonyl (C=O) groups excluding carboxylic acids is 1. The molecule has 0 aliphatic heterocycles. The molecular formula is C52H94NO9P. The average Bonchev–Trinajstić information content (AvgIpc) is 3.26. The Morgan fingerprint density at radius 3 is 1.33 bits per heavy atom. The summed E-state index contributed by atoms with van der Waals surface area (Å²) in [5, 5.41) is 8.93. The van der Waals surface area contributed by atoms with Crippen molar-refractivity contribution in [3.8, 4) is 0 Å². The van der Waals surface area contributed by atoms with Gasteiger partial charge in [-0.25, -0.2) is 4.57 Å². The molecule has 3 unspecified atom stereocenters. The molecule has 0 saturated carbocycles. The SMILES string of the molecule is CCCCC/C=C\C/C=C\C/C=C\CCCCCCCCCOCC(COP(=O)(O)OCC(N)C(=O)O)OC(=O)CCCCCCCCCCC/C=C\C/C=C\CCCCCCC. The Morgan fingerprint density at radius 2 is 0.873 bits per heavy atom. The molecule has 0 radical (unpaired) electrons. The van der Waals surface area contributed by atoms with Gasteiger partial charge in [-0.3, -0.25) is 18.6 Å². The minimum Gasteiger partial charge on any atom is -0.480 e. The second-order valence-electron chi connectivity index (χ2n) is 16.9. The molecule has 0 saturated heterocycles. The standard InChI is InChI=1S/C52H94NO9P/c1-3-5-7-9-11-13-15-17-19-21-23-25-26-28-30-32-34-36-38-40-42-44-51(54)62-49(47-60-63(57,58)61-48-50(53)52(55)56)46-59-45-43-41-39-37-35-33-31-29-27-24-22-20-18-16-14-12-10-8-6-4-2/h12,14-15,17-18,20-21,23-24,27,49-50H,3-11,13,16,19,22,25-26,28-48,53H2,1-2H3,(H,55,56)(H,57,58)/b14-12-,17-15-,20-18-,23-21-,27-24-. The van der Waals surface area contributed by atoms with Crippen LogP contribution in [0.1, 0.15) is 219 Å². The number of esters is 1. The summed E-state index contributed by atoms with van der Waals surface area (Å²) in [5.41, 5.74) is 5.37. The van der Waals surface area contributed by atoms with Gasteiger partial charge in [-0.15, -0.1) is 0 Å². The largest absolute Gasteiger partial charge is 0.480 e. The fraction of sp³-hybridized carbons (Fsp3) is 0.769. The fourth-order valence-corrected chi connectivity index (χ4v) is 7.60. The van der Waals surface area contributed by atoms with Crippen molar-refractivity contribution in [1.29, 1.82) is 0 Å². The first kappa shape index (κ1) is 60.7. The summed E-state index contributed by atoms with van der Waals surface area (Å²) < 4.78 is 33.5. The summed E-state index contributed by atoms with van der Waals surface area (Å²) in [7, 11) is -4.63. The van der Waals surface area contributed by atoms with Gasteiger partial charge in [-0.05, 0) is 83.5 Å².